The van der Waals surface area contributed by atoms with Crippen LogP contribution in [0.2, 0.25) is 5.02 Å². The summed E-state index contributed by atoms with van der Waals surface area (Å²) in [5, 5.41) is 11.4. The van der Waals surface area contributed by atoms with Crippen LogP contribution in [0.1, 0.15) is 18.4 Å². The lowest BCUT2D eigenvalue weighted by Crippen LogP contribution is -2.34. The van der Waals surface area contributed by atoms with Crippen molar-refractivity contribution in [2.75, 3.05) is 18.0 Å². The van der Waals surface area contributed by atoms with Gasteiger partial charge in [0.2, 0.25) is 0 Å². The maximum Gasteiger partial charge on any atom is 0.282 e. The molecule has 2 aliphatic rings. The molecule has 0 atom stereocenters. The van der Waals surface area contributed by atoms with Crippen molar-refractivity contribution in [3.63, 3.8) is 0 Å². The van der Waals surface area contributed by atoms with Crippen LogP contribution in [0.15, 0.2) is 54.2 Å². The summed E-state index contributed by atoms with van der Waals surface area (Å²) in [5.41, 5.74) is 1.42. The average molecular weight is 398 g/mol. The van der Waals surface area contributed by atoms with E-state index >= 15 is 0 Å². The van der Waals surface area contributed by atoms with E-state index < -0.39 is 16.7 Å². The van der Waals surface area contributed by atoms with Crippen molar-refractivity contribution in [1.29, 1.82) is 0 Å². The number of hydrogen-bond acceptors (Lipinski definition) is 5. The van der Waals surface area contributed by atoms with Crippen molar-refractivity contribution >= 4 is 40.4 Å². The molecule has 0 unspecified atom stereocenters. The summed E-state index contributed by atoms with van der Waals surface area (Å²) in [5.74, 6) is -0.856. The SMILES string of the molecule is O=C1C(c2ccc([N+](=O)[O-])cc2)=C(N2CCCC2)C(=O)N1c1cccc(Cl)c1. The number of non-ortho nitro benzene ring substituents is 1. The molecule has 0 N–H and O–H groups in total. The van der Waals surface area contributed by atoms with Gasteiger partial charge in [0.15, 0.2) is 0 Å². The molecule has 0 bridgehead atoms. The molecular weight excluding hydrogens is 382 g/mol. The fourth-order valence-electron chi connectivity index (χ4n) is 3.61. The average Bonchev–Trinajstić information content (AvgIpc) is 3.28. The Kier molecular flexibility index (Phi) is 4.60. The van der Waals surface area contributed by atoms with Crippen LogP contribution < -0.4 is 4.90 Å². The molecular formula is C20H16ClN3O4. The second-order valence-corrected chi connectivity index (χ2v) is 7.08. The van der Waals surface area contributed by atoms with Crippen LogP contribution in [0.4, 0.5) is 11.4 Å². The van der Waals surface area contributed by atoms with Crippen LogP contribution in [0, 0.1) is 10.1 Å². The molecule has 142 valence electrons. The summed E-state index contributed by atoms with van der Waals surface area (Å²) in [6, 6.07) is 12.3. The molecule has 4 rings (SSSR count). The number of nitro groups is 1. The predicted octanol–water partition coefficient (Wildman–Crippen LogP) is 3.63. The molecule has 2 aromatic carbocycles. The van der Waals surface area contributed by atoms with E-state index in [0.29, 0.717) is 35.1 Å². The second kappa shape index (κ2) is 7.09. The maximum absolute atomic E-state index is 13.3. The molecule has 0 aromatic heterocycles. The summed E-state index contributed by atoms with van der Waals surface area (Å²) < 4.78 is 0. The van der Waals surface area contributed by atoms with Crippen LogP contribution in [0.5, 0.6) is 0 Å². The highest BCUT2D eigenvalue weighted by atomic mass is 35.5. The Morgan fingerprint density at radius 1 is 0.964 bits per heavy atom. The van der Waals surface area contributed by atoms with Crippen molar-refractivity contribution in [1.82, 2.24) is 4.90 Å². The van der Waals surface area contributed by atoms with Crippen LogP contribution in [0.25, 0.3) is 5.57 Å². The lowest BCUT2D eigenvalue weighted by molar-refractivity contribution is -0.384. The minimum absolute atomic E-state index is 0.0736. The summed E-state index contributed by atoms with van der Waals surface area (Å²) in [6.45, 7) is 1.38. The Morgan fingerprint density at radius 3 is 2.25 bits per heavy atom. The third-order valence-corrected chi connectivity index (χ3v) is 5.15. The zero-order valence-corrected chi connectivity index (χ0v) is 15.6. The number of halogens is 1. The van der Waals surface area contributed by atoms with Crippen molar-refractivity contribution in [3.8, 4) is 0 Å². The van der Waals surface area contributed by atoms with E-state index in [2.05, 4.69) is 0 Å². The van der Waals surface area contributed by atoms with E-state index in [1.54, 1.807) is 24.3 Å². The molecule has 1 fully saturated rings. The molecule has 0 saturated carbocycles. The number of benzene rings is 2. The summed E-state index contributed by atoms with van der Waals surface area (Å²) in [7, 11) is 0. The summed E-state index contributed by atoms with van der Waals surface area (Å²) >= 11 is 6.05. The van der Waals surface area contributed by atoms with E-state index in [0.717, 1.165) is 17.7 Å². The van der Waals surface area contributed by atoms with Gasteiger partial charge in [0.05, 0.1) is 16.2 Å². The quantitative estimate of drug-likeness (QED) is 0.447. The molecule has 2 heterocycles. The molecule has 8 heteroatoms. The number of rotatable bonds is 4. The molecule has 7 nitrogen and oxygen atoms in total. The third-order valence-electron chi connectivity index (χ3n) is 4.91. The number of anilines is 1. The van der Waals surface area contributed by atoms with Crippen molar-refractivity contribution in [2.24, 2.45) is 0 Å². The van der Waals surface area contributed by atoms with Gasteiger partial charge in [-0.25, -0.2) is 4.90 Å². The molecule has 28 heavy (non-hydrogen) atoms. The Morgan fingerprint density at radius 2 is 1.64 bits per heavy atom. The highest BCUT2D eigenvalue weighted by Gasteiger charge is 2.43. The highest BCUT2D eigenvalue weighted by molar-refractivity contribution is 6.45. The first kappa shape index (κ1) is 18.2. The monoisotopic (exact) mass is 397 g/mol. The van der Waals surface area contributed by atoms with Gasteiger partial charge in [0.25, 0.3) is 17.5 Å². The second-order valence-electron chi connectivity index (χ2n) is 6.65. The Labute approximate surface area is 166 Å². The molecule has 0 spiro atoms. The summed E-state index contributed by atoms with van der Waals surface area (Å²) in [4.78, 5) is 40.0. The van der Waals surface area contributed by atoms with Gasteiger partial charge in [-0.15, -0.1) is 0 Å². The van der Waals surface area contributed by atoms with E-state index in [1.165, 1.54) is 24.3 Å². The molecule has 2 aliphatic heterocycles. The van der Waals surface area contributed by atoms with Crippen LogP contribution in [-0.2, 0) is 9.59 Å². The first-order valence-corrected chi connectivity index (χ1v) is 9.23. The number of nitro benzene ring substituents is 1. The van der Waals surface area contributed by atoms with Crippen molar-refractivity contribution < 1.29 is 14.5 Å². The fourth-order valence-corrected chi connectivity index (χ4v) is 3.80. The smallest absolute Gasteiger partial charge is 0.282 e. The van der Waals surface area contributed by atoms with E-state index in [-0.39, 0.29) is 11.3 Å². The number of carbonyl (C=O) groups is 2. The molecule has 2 aromatic rings. The Hall–Kier alpha value is -3.19. The minimum Gasteiger partial charge on any atom is -0.366 e. The molecule has 2 amide bonds. The maximum atomic E-state index is 13.3. The van der Waals surface area contributed by atoms with Gasteiger partial charge >= 0.3 is 0 Å². The van der Waals surface area contributed by atoms with Crippen LogP contribution >= 0.6 is 11.6 Å². The number of likely N-dealkylation sites (tertiary alicyclic amines) is 1. The fraction of sp³-hybridized carbons (Fsp3) is 0.200. The van der Waals surface area contributed by atoms with Crippen molar-refractivity contribution in [2.45, 2.75) is 12.8 Å². The third kappa shape index (κ3) is 3.03. The van der Waals surface area contributed by atoms with Gasteiger partial charge in [-0.1, -0.05) is 17.7 Å². The topological polar surface area (TPSA) is 83.8 Å². The Balaban J connectivity index is 1.82. The van der Waals surface area contributed by atoms with Crippen LogP contribution in [-0.4, -0.2) is 34.7 Å². The number of imide groups is 1. The Bertz CT molecular complexity index is 1010. The van der Waals surface area contributed by atoms with Crippen LogP contribution in [0.3, 0.4) is 0 Å². The van der Waals surface area contributed by atoms with Gasteiger partial charge in [-0.3, -0.25) is 19.7 Å². The predicted molar refractivity (Wildman–Crippen MR) is 105 cm³/mol. The lowest BCUT2D eigenvalue weighted by atomic mass is 10.0. The standard InChI is InChI=1S/C20H16ClN3O4/c21-14-4-3-5-16(12-14)23-19(25)17(13-6-8-15(9-7-13)24(27)28)18(20(23)26)22-10-1-2-11-22/h3-9,12H,1-2,10-11H2. The van der Waals surface area contributed by atoms with Gasteiger partial charge < -0.3 is 4.90 Å². The lowest BCUT2D eigenvalue weighted by Gasteiger charge is -2.20. The highest BCUT2D eigenvalue weighted by Crippen LogP contribution is 2.37. The normalized spacial score (nSPS) is 17.0. The molecule has 0 radical (unpaired) electrons. The van der Waals surface area contributed by atoms with Gasteiger partial charge in [0.1, 0.15) is 5.70 Å². The molecule has 1 saturated heterocycles. The molecule has 0 aliphatic carbocycles. The van der Waals surface area contributed by atoms with Gasteiger partial charge in [-0.05, 0) is 48.7 Å². The van der Waals surface area contributed by atoms with E-state index in [4.69, 9.17) is 11.6 Å². The minimum atomic E-state index is -0.501. The number of nitrogens with zero attached hydrogens (tertiary/aromatic N) is 3. The van der Waals surface area contributed by atoms with Gasteiger partial charge in [-0.2, -0.15) is 0 Å². The number of hydrogen-bond donors (Lipinski definition) is 0. The number of amides is 2. The van der Waals surface area contributed by atoms with Crippen molar-refractivity contribution in [3.05, 3.63) is 74.9 Å². The van der Waals surface area contributed by atoms with E-state index in [1.807, 2.05) is 4.90 Å². The first-order valence-electron chi connectivity index (χ1n) is 8.86. The first-order chi connectivity index (χ1) is 13.5. The number of carbonyl (C=O) groups excluding carboxylic acids is 2. The zero-order chi connectivity index (χ0) is 19.8. The van der Waals surface area contributed by atoms with E-state index in [9.17, 15) is 19.7 Å². The van der Waals surface area contributed by atoms with Gasteiger partial charge in [0, 0.05) is 30.2 Å². The zero-order valence-electron chi connectivity index (χ0n) is 14.8. The largest absolute Gasteiger partial charge is 0.366 e. The summed E-state index contributed by atoms with van der Waals surface area (Å²) in [6.07, 6.45) is 1.88.